The van der Waals surface area contributed by atoms with Crippen molar-refractivity contribution in [1.29, 1.82) is 0 Å². The molecule has 0 unspecified atom stereocenters. The Hall–Kier alpha value is -3.65. The highest BCUT2D eigenvalue weighted by Gasteiger charge is 2.11. The van der Waals surface area contributed by atoms with Crippen LogP contribution in [0.1, 0.15) is 16.7 Å². The molecule has 0 atom stereocenters. The molecule has 3 aromatic rings. The zero-order chi connectivity index (χ0) is 22.3. The molecule has 160 valence electrons. The molecule has 0 fully saturated rings. The Morgan fingerprint density at radius 1 is 0.968 bits per heavy atom. The molecule has 0 heterocycles. The lowest BCUT2D eigenvalue weighted by Gasteiger charge is -2.09. The second-order valence-electron chi connectivity index (χ2n) is 6.89. The van der Waals surface area contributed by atoms with Crippen LogP contribution >= 0.6 is 0 Å². The summed E-state index contributed by atoms with van der Waals surface area (Å²) < 4.78 is 29.9. The van der Waals surface area contributed by atoms with Gasteiger partial charge in [-0.15, -0.1) is 0 Å². The molecule has 0 aliphatic rings. The van der Waals surface area contributed by atoms with Crippen molar-refractivity contribution in [3.63, 3.8) is 0 Å². The van der Waals surface area contributed by atoms with Crippen LogP contribution in [0.3, 0.4) is 0 Å². The van der Waals surface area contributed by atoms with E-state index in [2.05, 4.69) is 15.2 Å². The Morgan fingerprint density at radius 2 is 1.65 bits per heavy atom. The number of aryl methyl sites for hydroxylation is 2. The predicted octanol–water partition coefficient (Wildman–Crippen LogP) is 3.63. The fraction of sp³-hybridized carbons (Fsp3) is 0.130. The fourth-order valence-corrected chi connectivity index (χ4v) is 3.43. The number of carbonyl (C=O) groups is 1. The smallest absolute Gasteiger partial charge is 0.276 e. The first-order chi connectivity index (χ1) is 14.8. The van der Waals surface area contributed by atoms with E-state index >= 15 is 0 Å². The van der Waals surface area contributed by atoms with Gasteiger partial charge in [0.1, 0.15) is 5.75 Å². The highest BCUT2D eigenvalue weighted by atomic mass is 32.2. The first-order valence-corrected chi connectivity index (χ1v) is 11.0. The number of hydrogen-bond donors (Lipinski definition) is 2. The molecule has 7 nitrogen and oxygen atoms in total. The summed E-state index contributed by atoms with van der Waals surface area (Å²) in [6.07, 6.45) is 1.39. The van der Waals surface area contributed by atoms with Crippen LogP contribution in [0.4, 0.5) is 5.69 Å². The molecule has 0 saturated carbocycles. The van der Waals surface area contributed by atoms with Gasteiger partial charge in [-0.25, -0.2) is 4.83 Å². The topological polar surface area (TPSA) is 96.9 Å². The van der Waals surface area contributed by atoms with Crippen LogP contribution in [0.5, 0.6) is 5.75 Å². The molecule has 0 spiro atoms. The van der Waals surface area contributed by atoms with Crippen molar-refractivity contribution in [1.82, 2.24) is 4.83 Å². The minimum Gasteiger partial charge on any atom is -0.484 e. The summed E-state index contributed by atoms with van der Waals surface area (Å²) >= 11 is 0. The number of nitrogens with zero attached hydrogens (tertiary/aromatic N) is 1. The summed E-state index contributed by atoms with van der Waals surface area (Å²) in [6.45, 7) is 3.67. The van der Waals surface area contributed by atoms with Crippen molar-refractivity contribution in [3.8, 4) is 5.75 Å². The summed E-state index contributed by atoms with van der Waals surface area (Å²) in [7, 11) is -3.72. The van der Waals surface area contributed by atoms with Gasteiger partial charge in [-0.05, 0) is 67.4 Å². The van der Waals surface area contributed by atoms with E-state index in [-0.39, 0.29) is 17.4 Å². The predicted molar refractivity (Wildman–Crippen MR) is 121 cm³/mol. The molecule has 2 N–H and O–H groups in total. The minimum absolute atomic E-state index is 0.127. The third-order valence-electron chi connectivity index (χ3n) is 4.39. The van der Waals surface area contributed by atoms with Gasteiger partial charge in [0.25, 0.3) is 15.9 Å². The molecule has 0 aliphatic heterocycles. The van der Waals surface area contributed by atoms with Gasteiger partial charge >= 0.3 is 0 Å². The first-order valence-electron chi connectivity index (χ1n) is 9.53. The molecule has 0 radical (unpaired) electrons. The Kier molecular flexibility index (Phi) is 7.04. The molecule has 0 aliphatic carbocycles. The van der Waals surface area contributed by atoms with Crippen molar-refractivity contribution in [2.75, 3.05) is 11.9 Å². The number of carbonyl (C=O) groups excluding carboxylic acids is 1. The maximum absolute atomic E-state index is 12.2. The monoisotopic (exact) mass is 437 g/mol. The van der Waals surface area contributed by atoms with Crippen molar-refractivity contribution in [2.45, 2.75) is 18.7 Å². The van der Waals surface area contributed by atoms with Gasteiger partial charge in [0.05, 0.1) is 11.1 Å². The zero-order valence-corrected chi connectivity index (χ0v) is 18.0. The molecule has 31 heavy (non-hydrogen) atoms. The summed E-state index contributed by atoms with van der Waals surface area (Å²) in [5, 5.41) is 6.60. The number of amides is 1. The summed E-state index contributed by atoms with van der Waals surface area (Å²) in [4.78, 5) is 14.4. The van der Waals surface area contributed by atoms with Crippen LogP contribution in [0.15, 0.2) is 82.8 Å². The Bertz CT molecular complexity index is 1170. The Morgan fingerprint density at radius 3 is 2.32 bits per heavy atom. The van der Waals surface area contributed by atoms with Crippen LogP contribution in [-0.2, 0) is 14.8 Å². The van der Waals surface area contributed by atoms with E-state index in [1.165, 1.54) is 18.3 Å². The van der Waals surface area contributed by atoms with E-state index in [0.717, 1.165) is 16.8 Å². The van der Waals surface area contributed by atoms with Crippen LogP contribution < -0.4 is 14.9 Å². The Balaban J connectivity index is 1.51. The summed E-state index contributed by atoms with van der Waals surface area (Å²) in [6, 6.07) is 20.8. The van der Waals surface area contributed by atoms with Gasteiger partial charge in [0.15, 0.2) is 6.61 Å². The van der Waals surface area contributed by atoms with Gasteiger partial charge in [-0.1, -0.05) is 35.9 Å². The third-order valence-corrected chi connectivity index (χ3v) is 5.63. The second-order valence-corrected chi connectivity index (χ2v) is 8.55. The SMILES string of the molecule is Cc1ccc(S(=O)(=O)N/N=C\c2ccc(OCC(=O)Nc3ccccc3C)cc2)cc1. The van der Waals surface area contributed by atoms with E-state index < -0.39 is 10.0 Å². The number of ether oxygens (including phenoxy) is 1. The van der Waals surface area contributed by atoms with E-state index in [4.69, 9.17) is 4.74 Å². The summed E-state index contributed by atoms with van der Waals surface area (Å²) in [5.41, 5.74) is 3.36. The van der Waals surface area contributed by atoms with E-state index in [9.17, 15) is 13.2 Å². The lowest BCUT2D eigenvalue weighted by atomic mass is 10.2. The molecule has 0 saturated heterocycles. The van der Waals surface area contributed by atoms with Crippen LogP contribution in [0.2, 0.25) is 0 Å². The number of hydrogen-bond acceptors (Lipinski definition) is 5. The molecule has 3 aromatic carbocycles. The van der Waals surface area contributed by atoms with Gasteiger partial charge in [0, 0.05) is 5.69 Å². The van der Waals surface area contributed by atoms with Crippen molar-refractivity contribution in [2.24, 2.45) is 5.10 Å². The number of para-hydroxylation sites is 1. The normalized spacial score (nSPS) is 11.3. The molecule has 0 bridgehead atoms. The van der Waals surface area contributed by atoms with Crippen LogP contribution in [-0.4, -0.2) is 27.1 Å². The number of hydrazone groups is 1. The minimum atomic E-state index is -3.72. The van der Waals surface area contributed by atoms with Gasteiger partial charge < -0.3 is 10.1 Å². The van der Waals surface area contributed by atoms with Crippen molar-refractivity contribution < 1.29 is 17.9 Å². The maximum Gasteiger partial charge on any atom is 0.276 e. The standard InChI is InChI=1S/C23H23N3O4S/c1-17-7-13-21(14-8-17)31(28,29)26-24-15-19-9-11-20(12-10-19)30-16-23(27)25-22-6-4-3-5-18(22)2/h3-15,26H,16H2,1-2H3,(H,25,27)/b24-15-. The van der Waals surface area contributed by atoms with E-state index in [0.29, 0.717) is 11.3 Å². The average Bonchev–Trinajstić information content (AvgIpc) is 2.75. The molecule has 1 amide bonds. The van der Waals surface area contributed by atoms with Gasteiger partial charge in [0.2, 0.25) is 0 Å². The lowest BCUT2D eigenvalue weighted by Crippen LogP contribution is -2.20. The van der Waals surface area contributed by atoms with E-state index in [1.807, 2.05) is 38.1 Å². The lowest BCUT2D eigenvalue weighted by molar-refractivity contribution is -0.118. The molecular weight excluding hydrogens is 414 g/mol. The number of benzene rings is 3. The highest BCUT2D eigenvalue weighted by molar-refractivity contribution is 7.89. The van der Waals surface area contributed by atoms with Crippen LogP contribution in [0, 0.1) is 13.8 Å². The van der Waals surface area contributed by atoms with Crippen molar-refractivity contribution >= 4 is 27.8 Å². The maximum atomic E-state index is 12.2. The number of rotatable bonds is 8. The first kappa shape index (κ1) is 22.0. The molecule has 3 rings (SSSR count). The third kappa shape index (κ3) is 6.42. The average molecular weight is 438 g/mol. The number of sulfonamides is 1. The highest BCUT2D eigenvalue weighted by Crippen LogP contribution is 2.14. The van der Waals surface area contributed by atoms with E-state index in [1.54, 1.807) is 36.4 Å². The molecular formula is C23H23N3O4S. The zero-order valence-electron chi connectivity index (χ0n) is 17.2. The van der Waals surface area contributed by atoms with Crippen LogP contribution in [0.25, 0.3) is 0 Å². The number of nitrogens with one attached hydrogen (secondary N) is 2. The second kappa shape index (κ2) is 9.90. The molecule has 8 heteroatoms. The van der Waals surface area contributed by atoms with Crippen molar-refractivity contribution in [3.05, 3.63) is 89.5 Å². The number of anilines is 1. The fourth-order valence-electron chi connectivity index (χ4n) is 2.64. The quantitative estimate of drug-likeness (QED) is 0.415. The van der Waals surface area contributed by atoms with Gasteiger partial charge in [-0.2, -0.15) is 13.5 Å². The largest absolute Gasteiger partial charge is 0.484 e. The molecule has 0 aromatic heterocycles. The summed E-state index contributed by atoms with van der Waals surface area (Å²) in [5.74, 6) is 0.253. The van der Waals surface area contributed by atoms with Gasteiger partial charge in [-0.3, -0.25) is 4.79 Å². The Labute approximate surface area is 181 Å².